The van der Waals surface area contributed by atoms with Crippen molar-refractivity contribution in [3.05, 3.63) is 70.3 Å². The summed E-state index contributed by atoms with van der Waals surface area (Å²) >= 11 is 1.02. The Morgan fingerprint density at radius 1 is 1.25 bits per heavy atom. The molecule has 1 fully saturated rings. The molecule has 0 radical (unpaired) electrons. The first kappa shape index (κ1) is 19.2. The summed E-state index contributed by atoms with van der Waals surface area (Å²) in [6.07, 6.45) is 0.999. The van der Waals surface area contributed by atoms with Crippen LogP contribution in [0, 0.1) is 10.1 Å². The summed E-state index contributed by atoms with van der Waals surface area (Å²) in [6, 6.07) is 14.6. The van der Waals surface area contributed by atoms with Gasteiger partial charge in [0.05, 0.1) is 23.2 Å². The minimum Gasteiger partial charge on any atom is -0.481 e. The van der Waals surface area contributed by atoms with Gasteiger partial charge in [0.1, 0.15) is 5.25 Å². The summed E-state index contributed by atoms with van der Waals surface area (Å²) < 4.78 is 0. The second-order valence-corrected chi connectivity index (χ2v) is 6.86. The number of nitrogens with zero attached hydrogens (tertiary/aromatic N) is 4. The second-order valence-electron chi connectivity index (χ2n) is 5.69. The number of carbonyl (C=O) groups is 2. The molecule has 0 aromatic heterocycles. The van der Waals surface area contributed by atoms with Crippen LogP contribution in [0.3, 0.4) is 0 Å². The van der Waals surface area contributed by atoms with Gasteiger partial charge in [-0.2, -0.15) is 5.10 Å². The molecule has 1 aliphatic rings. The molecule has 28 heavy (non-hydrogen) atoms. The van der Waals surface area contributed by atoms with Crippen LogP contribution in [0.4, 0.5) is 11.4 Å². The van der Waals surface area contributed by atoms with Crippen molar-refractivity contribution in [2.24, 2.45) is 10.2 Å². The van der Waals surface area contributed by atoms with E-state index in [1.807, 2.05) is 0 Å². The largest absolute Gasteiger partial charge is 0.481 e. The summed E-state index contributed by atoms with van der Waals surface area (Å²) in [5.74, 6) is -1.47. The number of non-ortho nitro benzene ring substituents is 1. The molecular weight excluding hydrogens is 384 g/mol. The number of carbonyl (C=O) groups excluding carboxylic acids is 1. The van der Waals surface area contributed by atoms with E-state index in [1.54, 1.807) is 36.4 Å². The van der Waals surface area contributed by atoms with Crippen molar-refractivity contribution in [2.45, 2.75) is 11.7 Å². The highest BCUT2D eigenvalue weighted by Crippen LogP contribution is 2.33. The number of aliphatic carboxylic acids is 1. The Morgan fingerprint density at radius 2 is 2.00 bits per heavy atom. The standard InChI is InChI=1S/C18H14N4O5S/c23-16(24)10-15-17(25)21(13-6-2-1-3-7-13)18(28-15)20-19-11-12-5-4-8-14(9-12)22(26)27/h1-9,11,15H,10H2,(H,23,24)/b19-11+,20-18-. The Morgan fingerprint density at radius 3 is 2.68 bits per heavy atom. The maximum atomic E-state index is 12.6. The number of rotatable bonds is 6. The molecule has 3 rings (SSSR count). The lowest BCUT2D eigenvalue weighted by Crippen LogP contribution is -2.32. The van der Waals surface area contributed by atoms with Crippen molar-refractivity contribution in [2.75, 3.05) is 4.90 Å². The summed E-state index contributed by atoms with van der Waals surface area (Å²) in [5, 5.41) is 27.3. The molecule has 10 heteroatoms. The Kier molecular flexibility index (Phi) is 5.80. The molecule has 1 saturated heterocycles. The minimum absolute atomic E-state index is 0.0746. The van der Waals surface area contributed by atoms with Crippen molar-refractivity contribution >= 4 is 46.4 Å². The highest BCUT2D eigenvalue weighted by atomic mass is 32.2. The van der Waals surface area contributed by atoms with Crippen LogP contribution in [0.15, 0.2) is 64.8 Å². The van der Waals surface area contributed by atoms with E-state index in [0.29, 0.717) is 11.3 Å². The lowest BCUT2D eigenvalue weighted by atomic mass is 10.2. The van der Waals surface area contributed by atoms with Crippen molar-refractivity contribution in [1.82, 2.24) is 0 Å². The van der Waals surface area contributed by atoms with Crippen LogP contribution < -0.4 is 4.90 Å². The van der Waals surface area contributed by atoms with Gasteiger partial charge in [-0.1, -0.05) is 42.1 Å². The molecule has 1 unspecified atom stereocenters. The second kappa shape index (κ2) is 8.44. The number of para-hydroxylation sites is 1. The van der Waals surface area contributed by atoms with Gasteiger partial charge in [0.2, 0.25) is 5.91 Å². The zero-order valence-electron chi connectivity index (χ0n) is 14.3. The predicted molar refractivity (Wildman–Crippen MR) is 106 cm³/mol. The van der Waals surface area contributed by atoms with Gasteiger partial charge >= 0.3 is 5.97 Å². The van der Waals surface area contributed by atoms with E-state index < -0.39 is 16.1 Å². The van der Waals surface area contributed by atoms with E-state index in [0.717, 1.165) is 11.8 Å². The fraction of sp³-hybridized carbons (Fsp3) is 0.111. The molecule has 142 valence electrons. The molecule has 0 bridgehead atoms. The molecule has 0 saturated carbocycles. The molecule has 1 heterocycles. The van der Waals surface area contributed by atoms with E-state index in [4.69, 9.17) is 5.11 Å². The molecule has 0 spiro atoms. The highest BCUT2D eigenvalue weighted by Gasteiger charge is 2.40. The molecule has 2 aromatic rings. The minimum atomic E-state index is -1.08. The zero-order valence-corrected chi connectivity index (χ0v) is 15.2. The van der Waals surface area contributed by atoms with Crippen LogP contribution in [0.2, 0.25) is 0 Å². The molecular formula is C18H14N4O5S. The predicted octanol–water partition coefficient (Wildman–Crippen LogP) is 2.91. The van der Waals surface area contributed by atoms with E-state index in [9.17, 15) is 19.7 Å². The van der Waals surface area contributed by atoms with Gasteiger partial charge < -0.3 is 5.11 Å². The van der Waals surface area contributed by atoms with Crippen LogP contribution in [-0.2, 0) is 9.59 Å². The molecule has 2 aromatic carbocycles. The number of nitro benzene ring substituents is 1. The summed E-state index contributed by atoms with van der Waals surface area (Å²) in [7, 11) is 0. The molecule has 9 nitrogen and oxygen atoms in total. The number of hydrogen-bond donors (Lipinski definition) is 1. The Labute approximate surface area is 163 Å². The average Bonchev–Trinajstić information content (AvgIpc) is 2.97. The first-order valence-electron chi connectivity index (χ1n) is 8.08. The molecule has 1 N–H and O–H groups in total. The van der Waals surface area contributed by atoms with Gasteiger partial charge in [-0.3, -0.25) is 24.6 Å². The normalized spacial score (nSPS) is 18.1. The lowest BCUT2D eigenvalue weighted by molar-refractivity contribution is -0.384. The molecule has 1 aliphatic heterocycles. The van der Waals surface area contributed by atoms with Crippen LogP contribution in [0.1, 0.15) is 12.0 Å². The van der Waals surface area contributed by atoms with Crippen molar-refractivity contribution in [3.8, 4) is 0 Å². The Balaban J connectivity index is 1.88. The Bertz CT molecular complexity index is 977. The van der Waals surface area contributed by atoms with Crippen molar-refractivity contribution in [3.63, 3.8) is 0 Å². The number of carboxylic acids is 1. The number of amidine groups is 1. The Hall–Kier alpha value is -3.53. The number of nitro groups is 1. The van der Waals surface area contributed by atoms with Crippen molar-refractivity contribution in [1.29, 1.82) is 0 Å². The quantitative estimate of drug-likeness (QED) is 0.453. The van der Waals surface area contributed by atoms with Gasteiger partial charge in [0.25, 0.3) is 5.69 Å². The number of benzene rings is 2. The topological polar surface area (TPSA) is 125 Å². The monoisotopic (exact) mass is 398 g/mol. The smallest absolute Gasteiger partial charge is 0.305 e. The third-order valence-electron chi connectivity index (χ3n) is 3.74. The van der Waals surface area contributed by atoms with Crippen LogP contribution in [-0.4, -0.2) is 38.5 Å². The zero-order chi connectivity index (χ0) is 20.1. The maximum Gasteiger partial charge on any atom is 0.305 e. The van der Waals surface area contributed by atoms with Crippen LogP contribution in [0.25, 0.3) is 0 Å². The third kappa shape index (κ3) is 4.41. The molecule has 1 amide bonds. The lowest BCUT2D eigenvalue weighted by Gasteiger charge is -2.15. The van der Waals surface area contributed by atoms with E-state index >= 15 is 0 Å². The number of anilines is 1. The number of carboxylic acid groups (broad SMARTS) is 1. The van der Waals surface area contributed by atoms with E-state index in [1.165, 1.54) is 29.3 Å². The van der Waals surface area contributed by atoms with Crippen LogP contribution in [0.5, 0.6) is 0 Å². The number of thioether (sulfide) groups is 1. The third-order valence-corrected chi connectivity index (χ3v) is 4.87. The van der Waals surface area contributed by atoms with Crippen LogP contribution >= 0.6 is 11.8 Å². The highest BCUT2D eigenvalue weighted by molar-refractivity contribution is 8.16. The SMILES string of the molecule is O=C(O)CC1S/C(=N\N=C\c2cccc([N+](=O)[O-])c2)N(c2ccccc2)C1=O. The van der Waals surface area contributed by atoms with Gasteiger partial charge in [0.15, 0.2) is 5.17 Å². The molecule has 1 atom stereocenters. The molecule has 0 aliphatic carbocycles. The van der Waals surface area contributed by atoms with E-state index in [-0.39, 0.29) is 23.2 Å². The average molecular weight is 398 g/mol. The fourth-order valence-electron chi connectivity index (χ4n) is 2.50. The van der Waals surface area contributed by atoms with Gasteiger partial charge in [-0.25, -0.2) is 0 Å². The van der Waals surface area contributed by atoms with Crippen molar-refractivity contribution < 1.29 is 19.6 Å². The summed E-state index contributed by atoms with van der Waals surface area (Å²) in [6.45, 7) is 0. The number of hydrogen-bond acceptors (Lipinski definition) is 7. The van der Waals surface area contributed by atoms with Gasteiger partial charge in [-0.15, -0.1) is 5.10 Å². The van der Waals surface area contributed by atoms with Gasteiger partial charge in [-0.05, 0) is 12.1 Å². The van der Waals surface area contributed by atoms with Gasteiger partial charge in [0, 0.05) is 17.7 Å². The first-order chi connectivity index (χ1) is 13.5. The maximum absolute atomic E-state index is 12.6. The first-order valence-corrected chi connectivity index (χ1v) is 8.96. The fourth-order valence-corrected chi connectivity index (χ4v) is 3.58. The summed E-state index contributed by atoms with van der Waals surface area (Å²) in [5.41, 5.74) is 0.952. The van der Waals surface area contributed by atoms with E-state index in [2.05, 4.69) is 10.2 Å². The summed E-state index contributed by atoms with van der Waals surface area (Å²) in [4.78, 5) is 35.3. The number of amides is 1.